The van der Waals surface area contributed by atoms with Gasteiger partial charge < -0.3 is 0 Å². The summed E-state index contributed by atoms with van der Waals surface area (Å²) in [5, 5.41) is 3.42. The van der Waals surface area contributed by atoms with Gasteiger partial charge in [-0.1, -0.05) is 0 Å². The van der Waals surface area contributed by atoms with Crippen LogP contribution >= 0.6 is 0 Å². The molecule has 0 aliphatic carbocycles. The Kier molecular flexibility index (Phi) is 2.56. The first-order valence-electron chi connectivity index (χ1n) is 4.66. The molecule has 0 radical (unpaired) electrons. The predicted octanol–water partition coefficient (Wildman–Crippen LogP) is 3.19. The molecule has 0 atom stereocenters. The average molecular weight is 250 g/mol. The third-order valence-corrected chi connectivity index (χ3v) is 2.37. The Labute approximate surface area is 92.6 Å². The molecule has 17 heavy (non-hydrogen) atoms. The van der Waals surface area contributed by atoms with E-state index in [9.17, 15) is 22.0 Å². The molecule has 2 nitrogen and oxygen atoms in total. The highest BCUT2D eigenvalue weighted by atomic mass is 19.4. The van der Waals surface area contributed by atoms with Crippen LogP contribution in [0.2, 0.25) is 0 Å². The van der Waals surface area contributed by atoms with Crippen molar-refractivity contribution in [3.63, 3.8) is 0 Å². The molecule has 1 aromatic carbocycles. The van der Waals surface area contributed by atoms with Crippen LogP contribution in [0.25, 0.3) is 10.9 Å². The maximum absolute atomic E-state index is 13.7. The number of rotatable bonds is 1. The van der Waals surface area contributed by atoms with E-state index in [0.717, 1.165) is 19.2 Å². The lowest BCUT2D eigenvalue weighted by atomic mass is 10.1. The van der Waals surface area contributed by atoms with E-state index in [-0.39, 0.29) is 16.5 Å². The van der Waals surface area contributed by atoms with Crippen molar-refractivity contribution in [2.75, 3.05) is 0 Å². The Balaban J connectivity index is 2.64. The number of aromatic nitrogens is 2. The standard InChI is InChI=1S/C10H7F5N2/c1-5-7(11)2-6-3-16-17(4-10(13,14)15)9(6)8(5)12/h2-3H,4H2,1H3. The summed E-state index contributed by atoms with van der Waals surface area (Å²) in [6.45, 7) is -0.243. The van der Waals surface area contributed by atoms with E-state index in [1.807, 2.05) is 0 Å². The highest BCUT2D eigenvalue weighted by molar-refractivity contribution is 5.80. The summed E-state index contributed by atoms with van der Waals surface area (Å²) >= 11 is 0. The fraction of sp³-hybridized carbons (Fsp3) is 0.300. The first-order valence-corrected chi connectivity index (χ1v) is 4.66. The first-order chi connectivity index (χ1) is 7.79. The zero-order chi connectivity index (χ0) is 12.8. The molecule has 0 amide bonds. The van der Waals surface area contributed by atoms with Crippen molar-refractivity contribution in [3.8, 4) is 0 Å². The van der Waals surface area contributed by atoms with E-state index in [1.165, 1.54) is 0 Å². The van der Waals surface area contributed by atoms with Crippen molar-refractivity contribution in [1.29, 1.82) is 0 Å². The number of hydrogen-bond donors (Lipinski definition) is 0. The van der Waals surface area contributed by atoms with E-state index in [0.29, 0.717) is 4.68 Å². The van der Waals surface area contributed by atoms with E-state index in [2.05, 4.69) is 5.10 Å². The maximum atomic E-state index is 13.7. The zero-order valence-corrected chi connectivity index (χ0v) is 8.65. The van der Waals surface area contributed by atoms with Gasteiger partial charge >= 0.3 is 6.18 Å². The molecule has 0 aliphatic heterocycles. The minimum Gasteiger partial charge on any atom is -0.253 e. The number of nitrogens with zero attached hydrogens (tertiary/aromatic N) is 2. The number of fused-ring (bicyclic) bond motifs is 1. The van der Waals surface area contributed by atoms with Crippen molar-refractivity contribution in [1.82, 2.24) is 9.78 Å². The van der Waals surface area contributed by atoms with Gasteiger partial charge in [-0.25, -0.2) is 8.78 Å². The molecule has 1 heterocycles. The van der Waals surface area contributed by atoms with Crippen LogP contribution in [-0.2, 0) is 6.54 Å². The minimum absolute atomic E-state index is 0.00912. The van der Waals surface area contributed by atoms with Gasteiger partial charge in [0.2, 0.25) is 0 Å². The van der Waals surface area contributed by atoms with Crippen LogP contribution in [0.1, 0.15) is 5.56 Å². The van der Waals surface area contributed by atoms with Crippen molar-refractivity contribution in [3.05, 3.63) is 29.5 Å². The molecule has 0 spiro atoms. The molecule has 1 aromatic heterocycles. The van der Waals surface area contributed by atoms with Crippen molar-refractivity contribution in [2.45, 2.75) is 19.6 Å². The molecule has 0 saturated heterocycles. The molecule has 2 rings (SSSR count). The smallest absolute Gasteiger partial charge is 0.253 e. The fourth-order valence-corrected chi connectivity index (χ4v) is 1.56. The molecular formula is C10H7F5N2. The van der Waals surface area contributed by atoms with Gasteiger partial charge in [0.25, 0.3) is 0 Å². The lowest BCUT2D eigenvalue weighted by Crippen LogP contribution is -2.19. The molecule has 7 heteroatoms. The molecular weight excluding hydrogens is 243 g/mol. The number of alkyl halides is 3. The zero-order valence-electron chi connectivity index (χ0n) is 8.65. The summed E-state index contributed by atoms with van der Waals surface area (Å²) in [6, 6.07) is 0.966. The number of benzene rings is 1. The molecule has 0 unspecified atom stereocenters. The highest BCUT2D eigenvalue weighted by Crippen LogP contribution is 2.26. The van der Waals surface area contributed by atoms with Crippen LogP contribution in [0.5, 0.6) is 0 Å². The first kappa shape index (κ1) is 11.8. The summed E-state index contributed by atoms with van der Waals surface area (Å²) in [5.41, 5.74) is -0.650. The monoisotopic (exact) mass is 250 g/mol. The SMILES string of the molecule is Cc1c(F)cc2cnn(CC(F)(F)F)c2c1F. The second-order valence-electron chi connectivity index (χ2n) is 3.65. The predicted molar refractivity (Wildman–Crippen MR) is 50.4 cm³/mol. The summed E-state index contributed by atoms with van der Waals surface area (Å²) in [4.78, 5) is 0. The van der Waals surface area contributed by atoms with E-state index >= 15 is 0 Å². The van der Waals surface area contributed by atoms with E-state index < -0.39 is 24.4 Å². The molecule has 0 bridgehead atoms. The Morgan fingerprint density at radius 2 is 1.94 bits per heavy atom. The summed E-state index contributed by atoms with van der Waals surface area (Å²) in [5.74, 6) is -1.82. The van der Waals surface area contributed by atoms with Crippen LogP contribution in [0.15, 0.2) is 12.3 Å². The molecule has 0 aliphatic rings. The Morgan fingerprint density at radius 1 is 1.29 bits per heavy atom. The third-order valence-electron chi connectivity index (χ3n) is 2.37. The van der Waals surface area contributed by atoms with E-state index in [4.69, 9.17) is 0 Å². The molecule has 0 fully saturated rings. The van der Waals surface area contributed by atoms with Gasteiger partial charge in [0.15, 0.2) is 5.82 Å². The van der Waals surface area contributed by atoms with Gasteiger partial charge in [0.1, 0.15) is 17.9 Å². The molecule has 0 N–H and O–H groups in total. The van der Waals surface area contributed by atoms with Crippen molar-refractivity contribution < 1.29 is 22.0 Å². The van der Waals surface area contributed by atoms with Gasteiger partial charge in [-0.2, -0.15) is 18.3 Å². The van der Waals surface area contributed by atoms with Crippen LogP contribution in [0, 0.1) is 18.6 Å². The van der Waals surface area contributed by atoms with Gasteiger partial charge in [-0.3, -0.25) is 4.68 Å². The highest BCUT2D eigenvalue weighted by Gasteiger charge is 2.30. The van der Waals surface area contributed by atoms with Gasteiger partial charge in [0, 0.05) is 10.9 Å². The normalized spacial score (nSPS) is 12.4. The number of halogens is 5. The average Bonchev–Trinajstić information content (AvgIpc) is 2.55. The summed E-state index contributed by atoms with van der Waals surface area (Å²) in [6.07, 6.45) is -3.50. The molecule has 92 valence electrons. The number of hydrogen-bond acceptors (Lipinski definition) is 1. The second kappa shape index (κ2) is 3.68. The summed E-state index contributed by atoms with van der Waals surface area (Å²) in [7, 11) is 0. The van der Waals surface area contributed by atoms with Crippen molar-refractivity contribution >= 4 is 10.9 Å². The maximum Gasteiger partial charge on any atom is 0.408 e. The topological polar surface area (TPSA) is 17.8 Å². The fourth-order valence-electron chi connectivity index (χ4n) is 1.56. The lowest BCUT2D eigenvalue weighted by molar-refractivity contribution is -0.141. The van der Waals surface area contributed by atoms with E-state index in [1.54, 1.807) is 0 Å². The molecule has 2 aromatic rings. The van der Waals surface area contributed by atoms with Crippen LogP contribution in [0.3, 0.4) is 0 Å². The minimum atomic E-state index is -4.51. The lowest BCUT2D eigenvalue weighted by Gasteiger charge is -2.08. The van der Waals surface area contributed by atoms with Gasteiger partial charge in [0.05, 0.1) is 6.20 Å². The quantitative estimate of drug-likeness (QED) is 0.711. The Morgan fingerprint density at radius 3 is 2.53 bits per heavy atom. The third kappa shape index (κ3) is 2.09. The largest absolute Gasteiger partial charge is 0.408 e. The van der Waals surface area contributed by atoms with Gasteiger partial charge in [-0.15, -0.1) is 0 Å². The summed E-state index contributed by atoms with van der Waals surface area (Å²) < 4.78 is 63.9. The van der Waals surface area contributed by atoms with Crippen LogP contribution in [0.4, 0.5) is 22.0 Å². The molecule has 0 saturated carbocycles. The Hall–Kier alpha value is -1.66. The van der Waals surface area contributed by atoms with Crippen molar-refractivity contribution in [2.24, 2.45) is 0 Å². The second-order valence-corrected chi connectivity index (χ2v) is 3.65. The van der Waals surface area contributed by atoms with Crippen LogP contribution in [-0.4, -0.2) is 16.0 Å². The van der Waals surface area contributed by atoms with Gasteiger partial charge in [-0.05, 0) is 13.0 Å². The Bertz CT molecular complexity index is 570. The van der Waals surface area contributed by atoms with Crippen LogP contribution < -0.4 is 0 Å².